The molecular formula is C25H28N6O4. The summed E-state index contributed by atoms with van der Waals surface area (Å²) in [6.45, 7) is 5.70. The van der Waals surface area contributed by atoms with Crippen LogP contribution in [0.3, 0.4) is 0 Å². The van der Waals surface area contributed by atoms with Gasteiger partial charge in [-0.05, 0) is 31.9 Å². The first-order chi connectivity index (χ1) is 16.7. The van der Waals surface area contributed by atoms with Crippen molar-refractivity contribution < 1.29 is 18.4 Å². The van der Waals surface area contributed by atoms with Crippen LogP contribution in [0.2, 0.25) is 0 Å². The molecule has 0 aliphatic heterocycles. The molecule has 35 heavy (non-hydrogen) atoms. The second kappa shape index (κ2) is 9.67. The van der Waals surface area contributed by atoms with Crippen LogP contribution in [-0.4, -0.2) is 45.1 Å². The standard InChI is InChI=1S/C25H28N6O4/c1-15-20(28-16(2)34-15)14-31(4)23(32)18-11-19(21(33-5)27-13-18)22-29-30-24(35-22)25(3,26)12-17-9-7-6-8-10-17/h6-11,13H,12,14,26H2,1-5H3/t25-/m1/s1. The maximum atomic E-state index is 13.1. The molecule has 3 heterocycles. The third-order valence-electron chi connectivity index (χ3n) is 5.58. The van der Waals surface area contributed by atoms with Crippen LogP contribution in [0.25, 0.3) is 11.5 Å². The first kappa shape index (κ1) is 24.1. The van der Waals surface area contributed by atoms with Crippen LogP contribution in [0.15, 0.2) is 51.4 Å². The first-order valence-electron chi connectivity index (χ1n) is 11.1. The highest BCUT2D eigenvalue weighted by Gasteiger charge is 2.30. The molecule has 4 rings (SSSR count). The van der Waals surface area contributed by atoms with Crippen LogP contribution >= 0.6 is 0 Å². The molecule has 0 radical (unpaired) electrons. The number of amides is 1. The molecular weight excluding hydrogens is 448 g/mol. The number of benzene rings is 1. The summed E-state index contributed by atoms with van der Waals surface area (Å²) in [5.74, 6) is 1.66. The Labute approximate surface area is 203 Å². The lowest BCUT2D eigenvalue weighted by atomic mass is 9.94. The summed E-state index contributed by atoms with van der Waals surface area (Å²) in [5.41, 5.74) is 8.10. The lowest BCUT2D eigenvalue weighted by Gasteiger charge is -2.20. The van der Waals surface area contributed by atoms with Crippen molar-refractivity contribution in [2.24, 2.45) is 5.73 Å². The minimum atomic E-state index is -0.894. The number of hydrogen-bond acceptors (Lipinski definition) is 9. The number of oxazole rings is 1. The third-order valence-corrected chi connectivity index (χ3v) is 5.58. The Kier molecular flexibility index (Phi) is 6.65. The second-order valence-corrected chi connectivity index (χ2v) is 8.67. The molecule has 1 aromatic carbocycles. The van der Waals surface area contributed by atoms with Crippen molar-refractivity contribution in [1.29, 1.82) is 0 Å². The zero-order valence-electron chi connectivity index (χ0n) is 20.4. The molecule has 0 saturated heterocycles. The molecule has 10 heteroatoms. The number of hydrogen-bond donors (Lipinski definition) is 1. The van der Waals surface area contributed by atoms with Gasteiger partial charge in [0, 0.05) is 20.2 Å². The molecule has 1 atom stereocenters. The predicted molar refractivity (Wildman–Crippen MR) is 128 cm³/mol. The van der Waals surface area contributed by atoms with Crippen LogP contribution in [0.1, 0.15) is 46.1 Å². The second-order valence-electron chi connectivity index (χ2n) is 8.67. The number of nitrogens with zero attached hydrogens (tertiary/aromatic N) is 5. The van der Waals surface area contributed by atoms with E-state index in [1.165, 1.54) is 18.2 Å². The van der Waals surface area contributed by atoms with Crippen LogP contribution in [-0.2, 0) is 18.5 Å². The molecule has 0 bridgehead atoms. The number of rotatable bonds is 8. The van der Waals surface area contributed by atoms with Gasteiger partial charge in [-0.15, -0.1) is 10.2 Å². The molecule has 3 aromatic heterocycles. The minimum Gasteiger partial charge on any atom is -0.480 e. The molecule has 0 saturated carbocycles. The number of carbonyl (C=O) groups is 1. The Balaban J connectivity index is 1.59. The van der Waals surface area contributed by atoms with Gasteiger partial charge >= 0.3 is 0 Å². The summed E-state index contributed by atoms with van der Waals surface area (Å²) in [6.07, 6.45) is 1.96. The van der Waals surface area contributed by atoms with E-state index in [2.05, 4.69) is 20.2 Å². The van der Waals surface area contributed by atoms with Crippen molar-refractivity contribution >= 4 is 5.91 Å². The fourth-order valence-electron chi connectivity index (χ4n) is 3.78. The Morgan fingerprint density at radius 1 is 1.17 bits per heavy atom. The van der Waals surface area contributed by atoms with E-state index in [0.717, 1.165) is 5.56 Å². The normalized spacial score (nSPS) is 12.9. The summed E-state index contributed by atoms with van der Waals surface area (Å²) in [6, 6.07) is 11.4. The quantitative estimate of drug-likeness (QED) is 0.406. The van der Waals surface area contributed by atoms with E-state index in [-0.39, 0.29) is 23.6 Å². The SMILES string of the molecule is COc1ncc(C(=O)N(C)Cc2nc(C)oc2C)cc1-c1nnc([C@](C)(N)Cc2ccccc2)o1. The van der Waals surface area contributed by atoms with E-state index < -0.39 is 5.54 Å². The average molecular weight is 477 g/mol. The smallest absolute Gasteiger partial charge is 0.255 e. The van der Waals surface area contributed by atoms with Crippen LogP contribution < -0.4 is 10.5 Å². The van der Waals surface area contributed by atoms with Crippen molar-refractivity contribution in [3.63, 3.8) is 0 Å². The summed E-state index contributed by atoms with van der Waals surface area (Å²) >= 11 is 0. The molecule has 4 aromatic rings. The van der Waals surface area contributed by atoms with Gasteiger partial charge in [0.05, 0.1) is 24.8 Å². The fourth-order valence-corrected chi connectivity index (χ4v) is 3.78. The zero-order chi connectivity index (χ0) is 25.2. The largest absolute Gasteiger partial charge is 0.480 e. The highest BCUT2D eigenvalue weighted by Crippen LogP contribution is 2.31. The van der Waals surface area contributed by atoms with Crippen molar-refractivity contribution in [3.8, 4) is 17.3 Å². The van der Waals surface area contributed by atoms with Gasteiger partial charge < -0.3 is 24.2 Å². The van der Waals surface area contributed by atoms with Crippen LogP contribution in [0.5, 0.6) is 5.88 Å². The van der Waals surface area contributed by atoms with Gasteiger partial charge in [-0.1, -0.05) is 30.3 Å². The van der Waals surface area contributed by atoms with Crippen molar-refractivity contribution in [2.75, 3.05) is 14.2 Å². The number of aryl methyl sites for hydroxylation is 2. The van der Waals surface area contributed by atoms with Gasteiger partial charge in [0.25, 0.3) is 11.8 Å². The highest BCUT2D eigenvalue weighted by atomic mass is 16.5. The topological polar surface area (TPSA) is 133 Å². The van der Waals surface area contributed by atoms with Crippen LogP contribution in [0, 0.1) is 13.8 Å². The highest BCUT2D eigenvalue weighted by molar-refractivity contribution is 5.95. The maximum absolute atomic E-state index is 13.1. The van der Waals surface area contributed by atoms with Crippen molar-refractivity contribution in [2.45, 2.75) is 39.3 Å². The Bertz CT molecular complexity index is 1330. The molecule has 0 aliphatic carbocycles. The maximum Gasteiger partial charge on any atom is 0.255 e. The lowest BCUT2D eigenvalue weighted by Crippen LogP contribution is -2.35. The molecule has 2 N–H and O–H groups in total. The monoisotopic (exact) mass is 476 g/mol. The van der Waals surface area contributed by atoms with Crippen LogP contribution in [0.4, 0.5) is 0 Å². The predicted octanol–water partition coefficient (Wildman–Crippen LogP) is 3.43. The molecule has 0 unspecified atom stereocenters. The van der Waals surface area contributed by atoms with Gasteiger partial charge in [0.2, 0.25) is 11.8 Å². The van der Waals surface area contributed by atoms with Gasteiger partial charge in [-0.25, -0.2) is 9.97 Å². The lowest BCUT2D eigenvalue weighted by molar-refractivity contribution is 0.0782. The van der Waals surface area contributed by atoms with E-state index in [1.54, 1.807) is 20.0 Å². The van der Waals surface area contributed by atoms with Gasteiger partial charge in [-0.2, -0.15) is 0 Å². The molecule has 0 spiro atoms. The van der Waals surface area contributed by atoms with E-state index in [4.69, 9.17) is 19.3 Å². The number of pyridine rings is 1. The summed E-state index contributed by atoms with van der Waals surface area (Å²) < 4.78 is 16.8. The van der Waals surface area contributed by atoms with E-state index in [1.807, 2.05) is 44.2 Å². The van der Waals surface area contributed by atoms with E-state index >= 15 is 0 Å². The number of methoxy groups -OCH3 is 1. The van der Waals surface area contributed by atoms with Crippen molar-refractivity contribution in [3.05, 3.63) is 77.0 Å². The van der Waals surface area contributed by atoms with Gasteiger partial charge in [0.1, 0.15) is 17.0 Å². The van der Waals surface area contributed by atoms with Crippen molar-refractivity contribution in [1.82, 2.24) is 25.1 Å². The van der Waals surface area contributed by atoms with Gasteiger partial charge in [-0.3, -0.25) is 4.79 Å². The zero-order valence-corrected chi connectivity index (χ0v) is 20.4. The third kappa shape index (κ3) is 5.22. The Morgan fingerprint density at radius 2 is 1.91 bits per heavy atom. The van der Waals surface area contributed by atoms with E-state index in [0.29, 0.717) is 41.4 Å². The molecule has 10 nitrogen and oxygen atoms in total. The minimum absolute atomic E-state index is 0.161. The molecule has 0 fully saturated rings. The Morgan fingerprint density at radius 3 is 2.57 bits per heavy atom. The number of nitrogens with two attached hydrogens (primary N) is 1. The Hall–Kier alpha value is -4.05. The first-order valence-corrected chi connectivity index (χ1v) is 11.1. The summed E-state index contributed by atoms with van der Waals surface area (Å²) in [5, 5.41) is 8.34. The molecule has 0 aliphatic rings. The summed E-state index contributed by atoms with van der Waals surface area (Å²) in [7, 11) is 3.17. The fraction of sp³-hybridized carbons (Fsp3) is 0.320. The number of ether oxygens (including phenoxy) is 1. The molecule has 1 amide bonds. The van der Waals surface area contributed by atoms with E-state index in [9.17, 15) is 4.79 Å². The summed E-state index contributed by atoms with van der Waals surface area (Å²) in [4.78, 5) is 23.3. The number of carbonyl (C=O) groups excluding carboxylic acids is 1. The average Bonchev–Trinajstić information content (AvgIpc) is 3.45. The van der Waals surface area contributed by atoms with Gasteiger partial charge in [0.15, 0.2) is 5.89 Å². The molecule has 182 valence electrons. The number of aromatic nitrogens is 4.